The molecule has 0 radical (unpaired) electrons. The first kappa shape index (κ1) is 21.2. The van der Waals surface area contributed by atoms with E-state index in [4.69, 9.17) is 0 Å². The van der Waals surface area contributed by atoms with E-state index in [2.05, 4.69) is 36.4 Å². The van der Waals surface area contributed by atoms with Gasteiger partial charge < -0.3 is 15.5 Å². The summed E-state index contributed by atoms with van der Waals surface area (Å²) in [6.07, 6.45) is 11.1. The van der Waals surface area contributed by atoms with E-state index in [1.54, 1.807) is 0 Å². The summed E-state index contributed by atoms with van der Waals surface area (Å²) in [4.78, 5) is 26.0. The Labute approximate surface area is 159 Å². The fourth-order valence-corrected chi connectivity index (χ4v) is 3.14. The van der Waals surface area contributed by atoms with Crippen LogP contribution < -0.4 is 10.6 Å². The van der Waals surface area contributed by atoms with E-state index in [1.165, 1.54) is 25.7 Å². The number of rotatable bonds is 14. The smallest absolute Gasteiger partial charge is 0.225 e. The second-order valence-electron chi connectivity index (χ2n) is 9.06. The van der Waals surface area contributed by atoms with Gasteiger partial charge in [0.15, 0.2) is 0 Å². The van der Waals surface area contributed by atoms with Crippen molar-refractivity contribution in [2.45, 2.75) is 78.1 Å². The zero-order chi connectivity index (χ0) is 19.0. The zero-order valence-corrected chi connectivity index (χ0v) is 17.2. The van der Waals surface area contributed by atoms with Crippen LogP contribution in [0.5, 0.6) is 0 Å². The molecule has 2 fully saturated rings. The number of carbonyl (C=O) groups excluding carboxylic acids is 2. The minimum absolute atomic E-state index is 0.0428. The molecule has 26 heavy (non-hydrogen) atoms. The van der Waals surface area contributed by atoms with Gasteiger partial charge in [0, 0.05) is 23.9 Å². The number of unbranched alkanes of at least 4 members (excludes halogenated alkanes) is 4. The van der Waals surface area contributed by atoms with Crippen LogP contribution in [0.3, 0.4) is 0 Å². The first-order valence-corrected chi connectivity index (χ1v) is 10.6. The molecule has 0 aromatic rings. The highest BCUT2D eigenvalue weighted by atomic mass is 16.2. The quantitative estimate of drug-likeness (QED) is 0.465. The van der Waals surface area contributed by atoms with E-state index in [9.17, 15) is 9.59 Å². The Balaban J connectivity index is 1.33. The molecule has 0 saturated heterocycles. The van der Waals surface area contributed by atoms with Crippen LogP contribution in [0.2, 0.25) is 0 Å². The number of hydrogen-bond donors (Lipinski definition) is 2. The molecule has 5 nitrogen and oxygen atoms in total. The summed E-state index contributed by atoms with van der Waals surface area (Å²) in [6, 6.07) is 0. The summed E-state index contributed by atoms with van der Waals surface area (Å²) in [5.74, 6) is 0.495. The Morgan fingerprint density at radius 1 is 0.731 bits per heavy atom. The second-order valence-corrected chi connectivity index (χ2v) is 9.06. The van der Waals surface area contributed by atoms with Crippen molar-refractivity contribution in [3.8, 4) is 0 Å². The summed E-state index contributed by atoms with van der Waals surface area (Å²) < 4.78 is 0. The molecular weight excluding hydrogens is 326 g/mol. The fourth-order valence-electron chi connectivity index (χ4n) is 3.14. The Morgan fingerprint density at radius 3 is 1.46 bits per heavy atom. The van der Waals surface area contributed by atoms with Crippen LogP contribution >= 0.6 is 0 Å². The lowest BCUT2D eigenvalue weighted by molar-refractivity contribution is -0.126. The monoisotopic (exact) mass is 365 g/mol. The van der Waals surface area contributed by atoms with E-state index in [0.717, 1.165) is 64.7 Å². The van der Waals surface area contributed by atoms with Gasteiger partial charge >= 0.3 is 0 Å². The molecule has 150 valence electrons. The Hall–Kier alpha value is -1.10. The highest BCUT2D eigenvalue weighted by molar-refractivity contribution is 5.85. The van der Waals surface area contributed by atoms with Crippen LogP contribution in [-0.2, 0) is 9.59 Å². The third-order valence-corrected chi connectivity index (χ3v) is 6.10. The van der Waals surface area contributed by atoms with Gasteiger partial charge in [0.2, 0.25) is 11.8 Å². The molecule has 0 atom stereocenters. The lowest BCUT2D eigenvalue weighted by atomic mass is 10.1. The topological polar surface area (TPSA) is 61.4 Å². The normalized spacial score (nSPS) is 19.2. The number of nitrogens with one attached hydrogen (secondary N) is 2. The van der Waals surface area contributed by atoms with Crippen molar-refractivity contribution in [2.75, 3.05) is 33.2 Å². The lowest BCUT2D eigenvalue weighted by Gasteiger charge is -2.16. The molecule has 0 heterocycles. The maximum atomic E-state index is 11.8. The van der Waals surface area contributed by atoms with Crippen molar-refractivity contribution in [1.82, 2.24) is 15.5 Å². The van der Waals surface area contributed by atoms with Crippen LogP contribution in [0.15, 0.2) is 0 Å². The standard InChI is InChI=1S/C21H39N3O2/c1-20(10-11-20)18(25)22-14-6-4-8-16-24(3)17-9-5-7-15-23-19(26)21(2)12-13-21/h4-17H2,1-3H3,(H,22,25)(H,23,26). The Morgan fingerprint density at radius 2 is 1.12 bits per heavy atom. The first-order chi connectivity index (χ1) is 12.4. The molecule has 0 bridgehead atoms. The Kier molecular flexibility index (Phi) is 7.93. The molecule has 2 N–H and O–H groups in total. The molecule has 2 aliphatic rings. The summed E-state index contributed by atoms with van der Waals surface area (Å²) in [5, 5.41) is 6.13. The van der Waals surface area contributed by atoms with Crippen molar-refractivity contribution in [2.24, 2.45) is 10.8 Å². The van der Waals surface area contributed by atoms with Gasteiger partial charge in [-0.2, -0.15) is 0 Å². The molecule has 5 heteroatoms. The predicted octanol–water partition coefficient (Wildman–Crippen LogP) is 3.09. The van der Waals surface area contributed by atoms with E-state index in [0.29, 0.717) is 0 Å². The van der Waals surface area contributed by atoms with Crippen LogP contribution in [-0.4, -0.2) is 49.9 Å². The molecule has 0 aromatic carbocycles. The number of carbonyl (C=O) groups is 2. The third-order valence-electron chi connectivity index (χ3n) is 6.10. The van der Waals surface area contributed by atoms with E-state index < -0.39 is 0 Å². The van der Waals surface area contributed by atoms with Crippen LogP contribution in [0.25, 0.3) is 0 Å². The highest BCUT2D eigenvalue weighted by Crippen LogP contribution is 2.45. The van der Waals surface area contributed by atoms with Crippen molar-refractivity contribution in [3.63, 3.8) is 0 Å². The second kappa shape index (κ2) is 9.72. The molecular formula is C21H39N3O2. The summed E-state index contributed by atoms with van der Waals surface area (Å²) >= 11 is 0. The van der Waals surface area contributed by atoms with Crippen LogP contribution in [0, 0.1) is 10.8 Å². The Bertz CT molecular complexity index is 428. The predicted molar refractivity (Wildman–Crippen MR) is 106 cm³/mol. The minimum Gasteiger partial charge on any atom is -0.356 e. The van der Waals surface area contributed by atoms with Gasteiger partial charge in [0.05, 0.1) is 0 Å². The SMILES string of the molecule is CN(CCCCCNC(=O)C1(C)CC1)CCCCCNC(=O)C1(C)CC1. The van der Waals surface area contributed by atoms with E-state index >= 15 is 0 Å². The van der Waals surface area contributed by atoms with Gasteiger partial charge in [-0.1, -0.05) is 26.7 Å². The number of hydrogen-bond acceptors (Lipinski definition) is 3. The maximum absolute atomic E-state index is 11.8. The molecule has 2 rings (SSSR count). The molecule has 0 unspecified atom stereocenters. The maximum Gasteiger partial charge on any atom is 0.225 e. The van der Waals surface area contributed by atoms with Crippen molar-refractivity contribution in [3.05, 3.63) is 0 Å². The van der Waals surface area contributed by atoms with E-state index in [1.807, 2.05) is 0 Å². The van der Waals surface area contributed by atoms with Crippen molar-refractivity contribution >= 4 is 11.8 Å². The minimum atomic E-state index is -0.0428. The summed E-state index contributed by atoms with van der Waals surface area (Å²) in [7, 11) is 2.19. The summed E-state index contributed by atoms with van der Waals surface area (Å²) in [5.41, 5.74) is -0.0856. The molecule has 0 aromatic heterocycles. The average Bonchev–Trinajstić information content (AvgIpc) is 3.53. The van der Waals surface area contributed by atoms with Crippen molar-refractivity contribution < 1.29 is 9.59 Å². The van der Waals surface area contributed by atoms with Crippen molar-refractivity contribution in [1.29, 1.82) is 0 Å². The zero-order valence-electron chi connectivity index (χ0n) is 17.2. The summed E-state index contributed by atoms with van der Waals surface area (Å²) in [6.45, 7) is 8.00. The van der Waals surface area contributed by atoms with Gasteiger partial charge in [0.25, 0.3) is 0 Å². The fraction of sp³-hybridized carbons (Fsp3) is 0.905. The molecule has 2 aliphatic carbocycles. The van der Waals surface area contributed by atoms with Crippen LogP contribution in [0.1, 0.15) is 78.1 Å². The van der Waals surface area contributed by atoms with Gasteiger partial charge in [-0.25, -0.2) is 0 Å². The van der Waals surface area contributed by atoms with Gasteiger partial charge in [-0.3, -0.25) is 9.59 Å². The van der Waals surface area contributed by atoms with E-state index in [-0.39, 0.29) is 22.6 Å². The number of nitrogens with zero attached hydrogens (tertiary/aromatic N) is 1. The molecule has 0 aliphatic heterocycles. The third kappa shape index (κ3) is 7.26. The van der Waals surface area contributed by atoms with Gasteiger partial charge in [0.1, 0.15) is 0 Å². The van der Waals surface area contributed by atoms with Crippen LogP contribution in [0.4, 0.5) is 0 Å². The highest BCUT2D eigenvalue weighted by Gasteiger charge is 2.45. The van der Waals surface area contributed by atoms with Gasteiger partial charge in [-0.05, 0) is 71.5 Å². The molecule has 2 saturated carbocycles. The number of amides is 2. The lowest BCUT2D eigenvalue weighted by Crippen LogP contribution is -2.31. The van der Waals surface area contributed by atoms with Gasteiger partial charge in [-0.15, -0.1) is 0 Å². The average molecular weight is 366 g/mol. The molecule has 2 amide bonds. The first-order valence-electron chi connectivity index (χ1n) is 10.6. The molecule has 0 spiro atoms. The largest absolute Gasteiger partial charge is 0.356 e.